The molecule has 84 valence electrons. The Labute approximate surface area is 91.7 Å². The molecule has 0 aromatic carbocycles. The number of aryl methyl sites for hydroxylation is 1. The first kappa shape index (κ1) is 10.7. The minimum absolute atomic E-state index is 0.376. The zero-order valence-corrected chi connectivity index (χ0v) is 9.90. The van der Waals surface area contributed by atoms with Gasteiger partial charge < -0.3 is 10.3 Å². The van der Waals surface area contributed by atoms with Gasteiger partial charge in [-0.25, -0.2) is 4.98 Å². The number of nitrogens with two attached hydrogens (primary N) is 1. The fourth-order valence-electron chi connectivity index (χ4n) is 2.63. The molecule has 15 heavy (non-hydrogen) atoms. The first-order chi connectivity index (χ1) is 7.09. The summed E-state index contributed by atoms with van der Waals surface area (Å²) in [4.78, 5) is 4.37. The van der Waals surface area contributed by atoms with Gasteiger partial charge in [0.25, 0.3) is 0 Å². The van der Waals surface area contributed by atoms with E-state index in [-0.39, 0.29) is 0 Å². The molecule has 0 amide bonds. The fourth-order valence-corrected chi connectivity index (χ4v) is 2.63. The third-order valence-corrected chi connectivity index (χ3v) is 3.87. The molecule has 0 bridgehead atoms. The van der Waals surface area contributed by atoms with E-state index in [0.29, 0.717) is 12.0 Å². The van der Waals surface area contributed by atoms with Gasteiger partial charge in [-0.2, -0.15) is 0 Å². The van der Waals surface area contributed by atoms with Crippen LogP contribution in [0, 0.1) is 12.8 Å². The van der Waals surface area contributed by atoms with Crippen LogP contribution in [-0.2, 0) is 7.05 Å². The van der Waals surface area contributed by atoms with Crippen molar-refractivity contribution in [2.45, 2.75) is 45.1 Å². The van der Waals surface area contributed by atoms with Crippen molar-refractivity contribution >= 4 is 0 Å². The Morgan fingerprint density at radius 2 is 2.20 bits per heavy atom. The number of imidazole rings is 1. The van der Waals surface area contributed by atoms with E-state index in [2.05, 4.69) is 30.4 Å². The second-order valence-electron chi connectivity index (χ2n) is 4.95. The standard InChI is InChI=1S/C12H21N3/c1-8-4-5-10(13)6-11(8)12-7-14-9(2)15(12)3/h7-8,10-11H,4-6,13H2,1-3H3. The lowest BCUT2D eigenvalue weighted by Gasteiger charge is -2.32. The van der Waals surface area contributed by atoms with E-state index in [1.54, 1.807) is 0 Å². The summed E-state index contributed by atoms with van der Waals surface area (Å²) in [5, 5.41) is 0. The van der Waals surface area contributed by atoms with Gasteiger partial charge >= 0.3 is 0 Å². The third-order valence-electron chi connectivity index (χ3n) is 3.87. The molecule has 2 N–H and O–H groups in total. The van der Waals surface area contributed by atoms with Crippen LogP contribution in [0.15, 0.2) is 6.20 Å². The average molecular weight is 207 g/mol. The predicted octanol–water partition coefficient (Wildman–Crippen LogP) is 1.96. The van der Waals surface area contributed by atoms with E-state index in [4.69, 9.17) is 5.73 Å². The van der Waals surface area contributed by atoms with Crippen LogP contribution in [0.25, 0.3) is 0 Å². The van der Waals surface area contributed by atoms with Crippen molar-refractivity contribution in [3.05, 3.63) is 17.7 Å². The molecular formula is C12H21N3. The summed E-state index contributed by atoms with van der Waals surface area (Å²) in [6.45, 7) is 4.38. The first-order valence-electron chi connectivity index (χ1n) is 5.83. The van der Waals surface area contributed by atoms with Crippen LogP contribution in [0.1, 0.15) is 43.6 Å². The summed E-state index contributed by atoms with van der Waals surface area (Å²) < 4.78 is 2.21. The molecular weight excluding hydrogens is 186 g/mol. The molecule has 0 spiro atoms. The molecule has 0 radical (unpaired) electrons. The van der Waals surface area contributed by atoms with Gasteiger partial charge in [0.15, 0.2) is 0 Å². The third kappa shape index (κ3) is 1.93. The quantitative estimate of drug-likeness (QED) is 0.765. The fraction of sp³-hybridized carbons (Fsp3) is 0.750. The summed E-state index contributed by atoms with van der Waals surface area (Å²) in [5.74, 6) is 2.43. The molecule has 3 heteroatoms. The van der Waals surface area contributed by atoms with Gasteiger partial charge in [0.1, 0.15) is 5.82 Å². The van der Waals surface area contributed by atoms with Crippen molar-refractivity contribution in [2.75, 3.05) is 0 Å². The van der Waals surface area contributed by atoms with E-state index >= 15 is 0 Å². The summed E-state index contributed by atoms with van der Waals surface area (Å²) in [6, 6.07) is 0.376. The molecule has 1 heterocycles. The van der Waals surface area contributed by atoms with Crippen molar-refractivity contribution in [1.82, 2.24) is 9.55 Å². The average Bonchev–Trinajstić information content (AvgIpc) is 2.52. The maximum absolute atomic E-state index is 6.05. The molecule has 3 atom stereocenters. The zero-order chi connectivity index (χ0) is 11.0. The number of nitrogens with zero attached hydrogens (tertiary/aromatic N) is 2. The minimum atomic E-state index is 0.376. The number of hydrogen-bond donors (Lipinski definition) is 1. The van der Waals surface area contributed by atoms with Crippen LogP contribution < -0.4 is 5.73 Å². The highest BCUT2D eigenvalue weighted by molar-refractivity contribution is 5.12. The van der Waals surface area contributed by atoms with Crippen LogP contribution in [0.4, 0.5) is 0 Å². The second-order valence-corrected chi connectivity index (χ2v) is 4.95. The zero-order valence-electron chi connectivity index (χ0n) is 9.90. The van der Waals surface area contributed by atoms with Crippen molar-refractivity contribution in [2.24, 2.45) is 18.7 Å². The highest BCUT2D eigenvalue weighted by Gasteiger charge is 2.29. The van der Waals surface area contributed by atoms with Crippen molar-refractivity contribution in [3.8, 4) is 0 Å². The first-order valence-corrected chi connectivity index (χ1v) is 5.83. The number of hydrogen-bond acceptors (Lipinski definition) is 2. The van der Waals surface area contributed by atoms with Gasteiger partial charge in [-0.15, -0.1) is 0 Å². The van der Waals surface area contributed by atoms with E-state index in [1.807, 2.05) is 6.20 Å². The van der Waals surface area contributed by atoms with Gasteiger partial charge in [0.2, 0.25) is 0 Å². The molecule has 1 aromatic rings. The SMILES string of the molecule is Cc1ncc(C2CC(N)CCC2C)n1C. The van der Waals surface area contributed by atoms with Gasteiger partial charge in [-0.1, -0.05) is 6.92 Å². The largest absolute Gasteiger partial charge is 0.335 e. The Kier molecular flexibility index (Phi) is 2.83. The Morgan fingerprint density at radius 1 is 1.47 bits per heavy atom. The topological polar surface area (TPSA) is 43.8 Å². The Morgan fingerprint density at radius 3 is 2.80 bits per heavy atom. The molecule has 1 aliphatic carbocycles. The second kappa shape index (κ2) is 3.97. The van der Waals surface area contributed by atoms with Crippen molar-refractivity contribution in [3.63, 3.8) is 0 Å². The maximum Gasteiger partial charge on any atom is 0.105 e. The minimum Gasteiger partial charge on any atom is -0.335 e. The molecule has 1 fully saturated rings. The van der Waals surface area contributed by atoms with E-state index in [0.717, 1.165) is 18.2 Å². The van der Waals surface area contributed by atoms with E-state index < -0.39 is 0 Å². The van der Waals surface area contributed by atoms with Crippen molar-refractivity contribution < 1.29 is 0 Å². The maximum atomic E-state index is 6.05. The summed E-state index contributed by atoms with van der Waals surface area (Å²) in [6.07, 6.45) is 5.55. The van der Waals surface area contributed by atoms with Crippen LogP contribution in [0.3, 0.4) is 0 Å². The molecule has 0 saturated heterocycles. The Hall–Kier alpha value is -0.830. The van der Waals surface area contributed by atoms with E-state index in [1.165, 1.54) is 18.5 Å². The molecule has 1 aromatic heterocycles. The smallest absolute Gasteiger partial charge is 0.105 e. The van der Waals surface area contributed by atoms with Crippen molar-refractivity contribution in [1.29, 1.82) is 0 Å². The lowest BCUT2D eigenvalue weighted by molar-refractivity contribution is 0.291. The van der Waals surface area contributed by atoms with Gasteiger partial charge in [0, 0.05) is 30.9 Å². The van der Waals surface area contributed by atoms with Crippen LogP contribution in [0.5, 0.6) is 0 Å². The molecule has 1 aliphatic rings. The molecule has 3 unspecified atom stereocenters. The molecule has 2 rings (SSSR count). The summed E-state index contributed by atoms with van der Waals surface area (Å²) >= 11 is 0. The lowest BCUT2D eigenvalue weighted by Crippen LogP contribution is -2.31. The number of aromatic nitrogens is 2. The normalized spacial score (nSPS) is 31.9. The Balaban J connectivity index is 2.25. The van der Waals surface area contributed by atoms with Gasteiger partial charge in [0.05, 0.1) is 0 Å². The Bertz CT molecular complexity index is 343. The summed E-state index contributed by atoms with van der Waals surface area (Å²) in [5.41, 5.74) is 7.41. The summed E-state index contributed by atoms with van der Waals surface area (Å²) in [7, 11) is 2.10. The van der Waals surface area contributed by atoms with Crippen LogP contribution in [0.2, 0.25) is 0 Å². The van der Waals surface area contributed by atoms with Gasteiger partial charge in [-0.05, 0) is 32.1 Å². The van der Waals surface area contributed by atoms with E-state index in [9.17, 15) is 0 Å². The highest BCUT2D eigenvalue weighted by atomic mass is 15.1. The lowest BCUT2D eigenvalue weighted by atomic mass is 9.76. The number of rotatable bonds is 1. The molecule has 1 saturated carbocycles. The van der Waals surface area contributed by atoms with Crippen LogP contribution >= 0.6 is 0 Å². The van der Waals surface area contributed by atoms with Crippen LogP contribution in [-0.4, -0.2) is 15.6 Å². The predicted molar refractivity (Wildman–Crippen MR) is 61.7 cm³/mol. The highest BCUT2D eigenvalue weighted by Crippen LogP contribution is 2.36. The molecule has 3 nitrogen and oxygen atoms in total. The molecule has 0 aliphatic heterocycles. The monoisotopic (exact) mass is 207 g/mol. The van der Waals surface area contributed by atoms with Gasteiger partial charge in [-0.3, -0.25) is 0 Å².